The molecule has 5 heteroatoms. The van der Waals surface area contributed by atoms with Crippen LogP contribution in [0.15, 0.2) is 30.6 Å². The summed E-state index contributed by atoms with van der Waals surface area (Å²) in [6.45, 7) is 4.14. The summed E-state index contributed by atoms with van der Waals surface area (Å²) in [5.74, 6) is 1.38. The lowest BCUT2D eigenvalue weighted by atomic mass is 9.95. The highest BCUT2D eigenvalue weighted by atomic mass is 35.5. The van der Waals surface area contributed by atoms with Gasteiger partial charge in [0.2, 0.25) is 0 Å². The number of nitrogens with one attached hydrogen (secondary N) is 1. The van der Waals surface area contributed by atoms with E-state index in [1.54, 1.807) is 6.33 Å². The molecule has 20 heavy (non-hydrogen) atoms. The van der Waals surface area contributed by atoms with E-state index in [0.717, 1.165) is 36.8 Å². The molecule has 0 bridgehead atoms. The molecule has 1 aromatic carbocycles. The summed E-state index contributed by atoms with van der Waals surface area (Å²) in [7, 11) is 1.93. The Morgan fingerprint density at radius 3 is 2.65 bits per heavy atom. The zero-order valence-electron chi connectivity index (χ0n) is 12.0. The van der Waals surface area contributed by atoms with Crippen LogP contribution in [0.4, 0.5) is 0 Å². The molecule has 2 aromatic rings. The van der Waals surface area contributed by atoms with Crippen LogP contribution >= 0.6 is 11.6 Å². The van der Waals surface area contributed by atoms with E-state index < -0.39 is 0 Å². The fraction of sp³-hybridized carbons (Fsp3) is 0.467. The highest BCUT2D eigenvalue weighted by Crippen LogP contribution is 2.21. The van der Waals surface area contributed by atoms with Crippen LogP contribution in [0.1, 0.15) is 30.7 Å². The molecule has 0 fully saturated rings. The molecule has 0 aliphatic rings. The number of halogens is 1. The fourth-order valence-electron chi connectivity index (χ4n) is 2.22. The van der Waals surface area contributed by atoms with Crippen LogP contribution in [0.2, 0.25) is 5.02 Å². The van der Waals surface area contributed by atoms with Crippen molar-refractivity contribution < 1.29 is 0 Å². The molecular weight excluding hydrogens is 272 g/mol. The smallest absolute Gasteiger partial charge is 0.138 e. The Morgan fingerprint density at radius 2 is 2.05 bits per heavy atom. The van der Waals surface area contributed by atoms with E-state index in [2.05, 4.69) is 34.5 Å². The van der Waals surface area contributed by atoms with Crippen LogP contribution in [0.5, 0.6) is 0 Å². The maximum atomic E-state index is 5.97. The van der Waals surface area contributed by atoms with Crippen molar-refractivity contribution in [3.05, 3.63) is 47.0 Å². The molecule has 0 aliphatic carbocycles. The number of hydrogen-bond acceptors (Lipinski definition) is 3. The molecule has 0 aliphatic heterocycles. The van der Waals surface area contributed by atoms with Gasteiger partial charge in [-0.3, -0.25) is 4.68 Å². The van der Waals surface area contributed by atoms with Gasteiger partial charge in [0, 0.05) is 31.0 Å². The van der Waals surface area contributed by atoms with Crippen LogP contribution in [0.3, 0.4) is 0 Å². The van der Waals surface area contributed by atoms with E-state index >= 15 is 0 Å². The minimum atomic E-state index is 0.377. The Labute approximate surface area is 125 Å². The van der Waals surface area contributed by atoms with Crippen LogP contribution in [-0.2, 0) is 13.5 Å². The molecule has 0 spiro atoms. The van der Waals surface area contributed by atoms with Crippen LogP contribution in [-0.4, -0.2) is 27.9 Å². The van der Waals surface area contributed by atoms with Crippen molar-refractivity contribution in [3.8, 4) is 0 Å². The Morgan fingerprint density at radius 1 is 1.30 bits per heavy atom. The van der Waals surface area contributed by atoms with Gasteiger partial charge < -0.3 is 5.32 Å². The second-order valence-electron chi connectivity index (χ2n) is 4.96. The van der Waals surface area contributed by atoms with Crippen LogP contribution < -0.4 is 5.32 Å². The summed E-state index contributed by atoms with van der Waals surface area (Å²) in [6, 6.07) is 8.08. The summed E-state index contributed by atoms with van der Waals surface area (Å²) in [5, 5.41) is 8.40. The molecule has 108 valence electrons. The lowest BCUT2D eigenvalue weighted by molar-refractivity contribution is 0.551. The molecule has 1 N–H and O–H groups in total. The van der Waals surface area contributed by atoms with Crippen LogP contribution in [0.25, 0.3) is 0 Å². The van der Waals surface area contributed by atoms with Crippen LogP contribution in [0, 0.1) is 0 Å². The van der Waals surface area contributed by atoms with Crippen molar-refractivity contribution in [2.24, 2.45) is 7.05 Å². The summed E-state index contributed by atoms with van der Waals surface area (Å²) in [6.07, 6.45) is 3.61. The van der Waals surface area contributed by atoms with Gasteiger partial charge in [0.15, 0.2) is 0 Å². The monoisotopic (exact) mass is 292 g/mol. The maximum Gasteiger partial charge on any atom is 0.138 e. The van der Waals surface area contributed by atoms with Gasteiger partial charge >= 0.3 is 0 Å². The van der Waals surface area contributed by atoms with E-state index in [4.69, 9.17) is 11.6 Å². The van der Waals surface area contributed by atoms with Gasteiger partial charge in [-0.15, -0.1) is 0 Å². The van der Waals surface area contributed by atoms with E-state index in [0.29, 0.717) is 5.92 Å². The molecule has 1 aromatic heterocycles. The molecule has 0 amide bonds. The van der Waals surface area contributed by atoms with E-state index in [1.165, 1.54) is 5.56 Å². The number of nitrogens with zero attached hydrogens (tertiary/aromatic N) is 3. The Balaban J connectivity index is 2.11. The van der Waals surface area contributed by atoms with Crippen molar-refractivity contribution in [3.63, 3.8) is 0 Å². The second kappa shape index (κ2) is 7.41. The largest absolute Gasteiger partial charge is 0.316 e. The lowest BCUT2D eigenvalue weighted by Gasteiger charge is -2.17. The van der Waals surface area contributed by atoms with Gasteiger partial charge in [0.25, 0.3) is 0 Å². The predicted octanol–water partition coefficient (Wildman–Crippen LogP) is 2.79. The highest BCUT2D eigenvalue weighted by molar-refractivity contribution is 6.30. The third-order valence-corrected chi connectivity index (χ3v) is 3.65. The van der Waals surface area contributed by atoms with Crippen molar-refractivity contribution >= 4 is 11.6 Å². The van der Waals surface area contributed by atoms with Gasteiger partial charge in [0.1, 0.15) is 12.2 Å². The zero-order chi connectivity index (χ0) is 14.4. The first kappa shape index (κ1) is 15.0. The number of aryl methyl sites for hydroxylation is 1. The van der Waals surface area contributed by atoms with Gasteiger partial charge in [-0.2, -0.15) is 5.10 Å². The Bertz CT molecular complexity index is 521. The number of rotatable bonds is 7. The van der Waals surface area contributed by atoms with E-state index in [9.17, 15) is 0 Å². The molecule has 1 heterocycles. The maximum absolute atomic E-state index is 5.97. The van der Waals surface area contributed by atoms with Gasteiger partial charge in [-0.25, -0.2) is 4.98 Å². The van der Waals surface area contributed by atoms with Crippen molar-refractivity contribution in [2.45, 2.75) is 25.7 Å². The molecule has 0 saturated carbocycles. The SMILES string of the molecule is CCCNCC(Cc1ncnn1C)c1ccc(Cl)cc1. The van der Waals surface area contributed by atoms with E-state index in [1.807, 2.05) is 23.9 Å². The number of hydrogen-bond donors (Lipinski definition) is 1. The molecule has 2 rings (SSSR count). The normalized spacial score (nSPS) is 12.6. The molecular formula is C15H21ClN4. The van der Waals surface area contributed by atoms with Gasteiger partial charge in [-0.05, 0) is 30.7 Å². The first-order valence-corrected chi connectivity index (χ1v) is 7.37. The summed E-state index contributed by atoms with van der Waals surface area (Å²) in [4.78, 5) is 4.32. The zero-order valence-corrected chi connectivity index (χ0v) is 12.8. The minimum Gasteiger partial charge on any atom is -0.316 e. The van der Waals surface area contributed by atoms with Crippen molar-refractivity contribution in [1.29, 1.82) is 0 Å². The van der Waals surface area contributed by atoms with Gasteiger partial charge in [-0.1, -0.05) is 30.7 Å². The number of aromatic nitrogens is 3. The molecule has 1 unspecified atom stereocenters. The summed E-state index contributed by atoms with van der Waals surface area (Å²) < 4.78 is 1.84. The number of benzene rings is 1. The standard InChI is InChI=1S/C15H21ClN4/c1-3-8-17-10-13(9-15-18-11-19-20(15)2)12-4-6-14(16)7-5-12/h4-7,11,13,17H,3,8-10H2,1-2H3. The fourth-order valence-corrected chi connectivity index (χ4v) is 2.35. The Kier molecular flexibility index (Phi) is 5.56. The average molecular weight is 293 g/mol. The summed E-state index contributed by atoms with van der Waals surface area (Å²) in [5.41, 5.74) is 1.28. The van der Waals surface area contributed by atoms with Gasteiger partial charge in [0.05, 0.1) is 0 Å². The highest BCUT2D eigenvalue weighted by Gasteiger charge is 2.15. The first-order chi connectivity index (χ1) is 9.70. The van der Waals surface area contributed by atoms with Crippen molar-refractivity contribution in [1.82, 2.24) is 20.1 Å². The second-order valence-corrected chi connectivity index (χ2v) is 5.39. The molecule has 4 nitrogen and oxygen atoms in total. The van der Waals surface area contributed by atoms with E-state index in [-0.39, 0.29) is 0 Å². The molecule has 1 atom stereocenters. The van der Waals surface area contributed by atoms with Crippen molar-refractivity contribution in [2.75, 3.05) is 13.1 Å². The summed E-state index contributed by atoms with van der Waals surface area (Å²) >= 11 is 5.97. The third-order valence-electron chi connectivity index (χ3n) is 3.39. The quantitative estimate of drug-likeness (QED) is 0.798. The average Bonchev–Trinajstić information content (AvgIpc) is 2.84. The minimum absolute atomic E-state index is 0.377. The Hall–Kier alpha value is -1.39. The topological polar surface area (TPSA) is 42.7 Å². The predicted molar refractivity (Wildman–Crippen MR) is 82.1 cm³/mol. The first-order valence-electron chi connectivity index (χ1n) is 6.99. The third kappa shape index (κ3) is 4.05. The molecule has 0 radical (unpaired) electrons. The molecule has 0 saturated heterocycles. The lowest BCUT2D eigenvalue weighted by Crippen LogP contribution is -2.24.